The molecule has 0 aliphatic carbocycles. The third-order valence-electron chi connectivity index (χ3n) is 2.70. The predicted molar refractivity (Wildman–Crippen MR) is 77.2 cm³/mol. The minimum atomic E-state index is -1.14. The van der Waals surface area contributed by atoms with Crippen LogP contribution in [0.1, 0.15) is 15.9 Å². The van der Waals surface area contributed by atoms with Gasteiger partial charge in [0.15, 0.2) is 0 Å². The van der Waals surface area contributed by atoms with Crippen LogP contribution >= 0.6 is 11.6 Å². The van der Waals surface area contributed by atoms with Crippen LogP contribution < -0.4 is 10.1 Å². The van der Waals surface area contributed by atoms with Crippen LogP contribution in [0, 0.1) is 11.3 Å². The molecule has 1 heterocycles. The Morgan fingerprint density at radius 1 is 1.52 bits per heavy atom. The molecule has 106 valence electrons. The van der Waals surface area contributed by atoms with Gasteiger partial charge in [0.2, 0.25) is 0 Å². The molecule has 0 fully saturated rings. The Labute approximate surface area is 125 Å². The number of nitrogens with zero attached hydrogens (tertiary/aromatic N) is 2. The van der Waals surface area contributed by atoms with E-state index in [9.17, 15) is 4.79 Å². The van der Waals surface area contributed by atoms with Gasteiger partial charge in [-0.1, -0.05) is 11.6 Å². The molecule has 7 heteroatoms. The molecule has 21 heavy (non-hydrogen) atoms. The fourth-order valence-corrected chi connectivity index (χ4v) is 1.92. The molecule has 0 atom stereocenters. The molecule has 1 aromatic heterocycles. The molecule has 2 aromatic rings. The maximum absolute atomic E-state index is 11.1. The molecule has 6 nitrogen and oxygen atoms in total. The van der Waals surface area contributed by atoms with Crippen molar-refractivity contribution < 1.29 is 14.6 Å². The number of aromatic nitrogens is 1. The van der Waals surface area contributed by atoms with Crippen LogP contribution in [-0.2, 0) is 0 Å². The first-order chi connectivity index (χ1) is 10.1. The summed E-state index contributed by atoms with van der Waals surface area (Å²) in [6.45, 7) is 0. The molecule has 0 saturated heterocycles. The first-order valence-corrected chi connectivity index (χ1v) is 6.17. The number of ether oxygens (including phenoxy) is 1. The molecule has 0 amide bonds. The van der Waals surface area contributed by atoms with Crippen LogP contribution in [0.15, 0.2) is 30.5 Å². The summed E-state index contributed by atoms with van der Waals surface area (Å²) in [6, 6.07) is 7.97. The number of anilines is 2. The minimum absolute atomic E-state index is 0.0467. The molecule has 2 rings (SSSR count). The number of carboxylic acid groups (broad SMARTS) is 1. The lowest BCUT2D eigenvalue weighted by Gasteiger charge is -2.12. The second-order valence-corrected chi connectivity index (χ2v) is 4.38. The van der Waals surface area contributed by atoms with Crippen molar-refractivity contribution in [1.29, 1.82) is 5.26 Å². The molecular formula is C14H10ClN3O3. The van der Waals surface area contributed by atoms with Gasteiger partial charge in [0.05, 0.1) is 23.4 Å². The van der Waals surface area contributed by atoms with Crippen LogP contribution in [0.4, 0.5) is 11.5 Å². The van der Waals surface area contributed by atoms with Crippen LogP contribution in [0.25, 0.3) is 0 Å². The molecule has 0 spiro atoms. The normalized spacial score (nSPS) is 9.76. The van der Waals surface area contributed by atoms with Gasteiger partial charge in [-0.2, -0.15) is 5.26 Å². The Morgan fingerprint density at radius 3 is 2.90 bits per heavy atom. The van der Waals surface area contributed by atoms with Crippen molar-refractivity contribution in [2.75, 3.05) is 12.4 Å². The van der Waals surface area contributed by atoms with Gasteiger partial charge < -0.3 is 15.2 Å². The van der Waals surface area contributed by atoms with Crippen molar-refractivity contribution in [2.45, 2.75) is 0 Å². The van der Waals surface area contributed by atoms with Crippen molar-refractivity contribution in [1.82, 2.24) is 4.98 Å². The molecule has 0 unspecified atom stereocenters. The quantitative estimate of drug-likeness (QED) is 0.901. The van der Waals surface area contributed by atoms with Gasteiger partial charge >= 0.3 is 5.97 Å². The Balaban J connectivity index is 2.46. The zero-order valence-corrected chi connectivity index (χ0v) is 11.7. The second-order valence-electron chi connectivity index (χ2n) is 3.97. The summed E-state index contributed by atoms with van der Waals surface area (Å²) in [5.41, 5.74) is 0.693. The number of carboxylic acids is 1. The molecule has 0 saturated carbocycles. The highest BCUT2D eigenvalue weighted by Crippen LogP contribution is 2.33. The zero-order valence-electron chi connectivity index (χ0n) is 10.9. The van der Waals surface area contributed by atoms with E-state index >= 15 is 0 Å². The number of methoxy groups -OCH3 is 1. The third kappa shape index (κ3) is 3.04. The molecule has 0 aliphatic rings. The summed E-state index contributed by atoms with van der Waals surface area (Å²) >= 11 is 6.06. The fraction of sp³-hybridized carbons (Fsp3) is 0.0714. The summed E-state index contributed by atoms with van der Waals surface area (Å²) in [7, 11) is 1.36. The van der Waals surface area contributed by atoms with E-state index in [-0.39, 0.29) is 16.3 Å². The Hall–Kier alpha value is -2.78. The number of halogens is 1. The fourth-order valence-electron chi connectivity index (χ4n) is 1.71. The number of benzene rings is 1. The van der Waals surface area contributed by atoms with Gasteiger partial charge in [-0.05, 0) is 18.2 Å². The van der Waals surface area contributed by atoms with Gasteiger partial charge in [-0.15, -0.1) is 0 Å². The summed E-state index contributed by atoms with van der Waals surface area (Å²) in [6.07, 6.45) is 1.53. The summed E-state index contributed by atoms with van der Waals surface area (Å²) in [5.74, 6) is -0.660. The van der Waals surface area contributed by atoms with E-state index in [4.69, 9.17) is 26.7 Å². The SMILES string of the molecule is COc1cc(Nc2ncccc2C#N)c(Cl)cc1C(=O)O. The maximum atomic E-state index is 11.1. The van der Waals surface area contributed by atoms with Gasteiger partial charge in [0.1, 0.15) is 23.2 Å². The van der Waals surface area contributed by atoms with Crippen LogP contribution in [-0.4, -0.2) is 23.2 Å². The average Bonchev–Trinajstić information content (AvgIpc) is 2.49. The predicted octanol–water partition coefficient (Wildman–Crippen LogP) is 3.06. The molecule has 2 N–H and O–H groups in total. The summed E-state index contributed by atoms with van der Waals surface area (Å²) in [4.78, 5) is 15.1. The molecule has 0 radical (unpaired) electrons. The smallest absolute Gasteiger partial charge is 0.339 e. The number of pyridine rings is 1. The highest BCUT2D eigenvalue weighted by Gasteiger charge is 2.16. The van der Waals surface area contributed by atoms with Crippen molar-refractivity contribution in [3.63, 3.8) is 0 Å². The first kappa shape index (κ1) is 14.6. The van der Waals surface area contributed by atoms with Crippen LogP contribution in [0.2, 0.25) is 5.02 Å². The average molecular weight is 304 g/mol. The van der Waals surface area contributed by atoms with E-state index in [2.05, 4.69) is 10.3 Å². The van der Waals surface area contributed by atoms with E-state index in [1.54, 1.807) is 12.1 Å². The van der Waals surface area contributed by atoms with Crippen molar-refractivity contribution in [2.24, 2.45) is 0 Å². The van der Waals surface area contributed by atoms with Gasteiger partial charge in [-0.3, -0.25) is 0 Å². The van der Waals surface area contributed by atoms with Gasteiger partial charge in [-0.25, -0.2) is 9.78 Å². The summed E-state index contributed by atoms with van der Waals surface area (Å²) < 4.78 is 5.03. The highest BCUT2D eigenvalue weighted by atomic mass is 35.5. The number of rotatable bonds is 4. The van der Waals surface area contributed by atoms with Crippen molar-refractivity contribution in [3.8, 4) is 11.8 Å². The van der Waals surface area contributed by atoms with Crippen LogP contribution in [0.3, 0.4) is 0 Å². The minimum Gasteiger partial charge on any atom is -0.496 e. The molecule has 0 bridgehead atoms. The number of nitrogens with one attached hydrogen (secondary N) is 1. The lowest BCUT2D eigenvalue weighted by atomic mass is 10.1. The Bertz CT molecular complexity index is 741. The lowest BCUT2D eigenvalue weighted by molar-refractivity contribution is 0.0693. The van der Waals surface area contributed by atoms with E-state index in [1.807, 2.05) is 6.07 Å². The van der Waals surface area contributed by atoms with E-state index in [0.717, 1.165) is 0 Å². The van der Waals surface area contributed by atoms with Gasteiger partial charge in [0, 0.05) is 12.3 Å². The van der Waals surface area contributed by atoms with E-state index in [0.29, 0.717) is 17.1 Å². The van der Waals surface area contributed by atoms with Crippen molar-refractivity contribution >= 4 is 29.1 Å². The number of hydrogen-bond donors (Lipinski definition) is 2. The number of nitriles is 1. The zero-order chi connectivity index (χ0) is 15.4. The van der Waals surface area contributed by atoms with Crippen molar-refractivity contribution in [3.05, 3.63) is 46.6 Å². The third-order valence-corrected chi connectivity index (χ3v) is 3.01. The van der Waals surface area contributed by atoms with Crippen LogP contribution in [0.5, 0.6) is 5.75 Å². The van der Waals surface area contributed by atoms with E-state index < -0.39 is 5.97 Å². The lowest BCUT2D eigenvalue weighted by Crippen LogP contribution is -2.03. The first-order valence-electron chi connectivity index (χ1n) is 5.79. The topological polar surface area (TPSA) is 95.2 Å². The van der Waals surface area contributed by atoms with E-state index in [1.165, 1.54) is 25.4 Å². The summed E-state index contributed by atoms with van der Waals surface area (Å²) in [5, 5.41) is 21.2. The number of carbonyl (C=O) groups is 1. The maximum Gasteiger partial charge on any atom is 0.339 e. The molecule has 1 aromatic carbocycles. The highest BCUT2D eigenvalue weighted by molar-refractivity contribution is 6.33. The monoisotopic (exact) mass is 303 g/mol. The Kier molecular flexibility index (Phi) is 4.26. The molecule has 0 aliphatic heterocycles. The standard InChI is InChI=1S/C14H10ClN3O3/c1-21-12-6-11(10(15)5-9(12)14(19)20)18-13-8(7-16)3-2-4-17-13/h2-6H,1H3,(H,17,18)(H,19,20). The number of aromatic carboxylic acids is 1. The molecular weight excluding hydrogens is 294 g/mol. The van der Waals surface area contributed by atoms with Gasteiger partial charge in [0.25, 0.3) is 0 Å². The number of hydrogen-bond acceptors (Lipinski definition) is 5. The Morgan fingerprint density at radius 2 is 2.29 bits per heavy atom. The largest absolute Gasteiger partial charge is 0.496 e. The second kappa shape index (κ2) is 6.11.